The van der Waals surface area contributed by atoms with Gasteiger partial charge in [0.15, 0.2) is 22.5 Å². The minimum atomic E-state index is 0.389. The van der Waals surface area contributed by atoms with E-state index in [4.69, 9.17) is 9.40 Å². The second-order valence-corrected chi connectivity index (χ2v) is 11.1. The molecule has 4 heteroatoms. The molecule has 0 spiro atoms. The molecule has 0 atom stereocenters. The van der Waals surface area contributed by atoms with Crippen LogP contribution >= 0.6 is 0 Å². The van der Waals surface area contributed by atoms with E-state index in [1.807, 2.05) is 0 Å². The molecule has 0 N–H and O–H groups in total. The van der Waals surface area contributed by atoms with Gasteiger partial charge in [-0.3, -0.25) is 0 Å². The van der Waals surface area contributed by atoms with Crippen LogP contribution in [0.1, 0.15) is 76.0 Å². The lowest BCUT2D eigenvalue weighted by Crippen LogP contribution is -2.30. The maximum Gasteiger partial charge on any atom is 0.297 e. The Hall–Kier alpha value is -3.40. The van der Waals surface area contributed by atoms with Crippen LogP contribution in [0, 0.1) is 12.8 Å². The highest BCUT2D eigenvalue weighted by atomic mass is 16.3. The van der Waals surface area contributed by atoms with Crippen molar-refractivity contribution in [1.29, 1.82) is 0 Å². The summed E-state index contributed by atoms with van der Waals surface area (Å²) in [4.78, 5) is 5.06. The molecule has 0 fully saturated rings. The number of hydrogen-bond donors (Lipinski definition) is 0. The summed E-state index contributed by atoms with van der Waals surface area (Å²) < 4.78 is 11.1. The molecule has 5 rings (SSSR count). The van der Waals surface area contributed by atoms with E-state index in [-0.39, 0.29) is 0 Å². The minimum absolute atomic E-state index is 0.389. The molecule has 0 unspecified atom stereocenters. The van der Waals surface area contributed by atoms with E-state index < -0.39 is 0 Å². The van der Waals surface area contributed by atoms with Gasteiger partial charge in [-0.15, -0.1) is 0 Å². The van der Waals surface area contributed by atoms with E-state index in [2.05, 4.69) is 119 Å². The highest BCUT2D eigenvalue weighted by Crippen LogP contribution is 2.39. The van der Waals surface area contributed by atoms with Gasteiger partial charge in [0.05, 0.1) is 12.6 Å². The van der Waals surface area contributed by atoms with Gasteiger partial charge in [0.25, 0.3) is 5.82 Å². The zero-order chi connectivity index (χ0) is 25.7. The number of oxazole rings is 1. The molecular weight excluding hydrogens is 442 g/mol. The zero-order valence-electron chi connectivity index (χ0n) is 22.9. The first-order valence-corrected chi connectivity index (χ1v) is 13.2. The smallest absolute Gasteiger partial charge is 0.297 e. The van der Waals surface area contributed by atoms with Crippen molar-refractivity contribution < 1.29 is 8.98 Å². The van der Waals surface area contributed by atoms with Crippen LogP contribution in [0.3, 0.4) is 0 Å². The number of rotatable bonds is 6. The molecule has 0 radical (unpaired) electrons. The first kappa shape index (κ1) is 24.3. The third kappa shape index (κ3) is 3.93. The fraction of sp³-hybridized carbons (Fsp3) is 0.375. The van der Waals surface area contributed by atoms with Gasteiger partial charge in [-0.1, -0.05) is 77.9 Å². The normalized spacial score (nSPS) is 12.2. The highest BCUT2D eigenvalue weighted by molar-refractivity contribution is 5.93. The van der Waals surface area contributed by atoms with Gasteiger partial charge in [0, 0.05) is 17.5 Å². The third-order valence-corrected chi connectivity index (χ3v) is 7.20. The van der Waals surface area contributed by atoms with Gasteiger partial charge in [-0.2, -0.15) is 4.57 Å². The van der Waals surface area contributed by atoms with Crippen molar-refractivity contribution in [3.63, 3.8) is 0 Å². The van der Waals surface area contributed by atoms with Crippen molar-refractivity contribution in [2.75, 3.05) is 0 Å². The zero-order valence-corrected chi connectivity index (χ0v) is 22.9. The molecule has 0 aliphatic heterocycles. The first-order valence-electron chi connectivity index (χ1n) is 13.2. The Morgan fingerprint density at radius 1 is 0.861 bits per heavy atom. The summed E-state index contributed by atoms with van der Waals surface area (Å²) >= 11 is 0. The Labute approximate surface area is 214 Å². The standard InChI is InChI=1S/C32H38N3O/c1-19(2)18-28-33-30-27(36-28)17-16-22(7)29(30)32-34(8)25-14-9-10-15-26(25)35(32)31-23(20(3)4)12-11-13-24(31)21(5)6/h9-17,19-21H,18H2,1-8H3/q+1. The topological polar surface area (TPSA) is 34.8 Å². The van der Waals surface area contributed by atoms with Crippen molar-refractivity contribution in [2.24, 2.45) is 13.0 Å². The van der Waals surface area contributed by atoms with Crippen molar-refractivity contribution in [2.45, 2.75) is 66.7 Å². The van der Waals surface area contributed by atoms with Gasteiger partial charge in [0.2, 0.25) is 0 Å². The Balaban J connectivity index is 1.95. The van der Waals surface area contributed by atoms with Crippen LogP contribution in [0.2, 0.25) is 0 Å². The second kappa shape index (κ2) is 9.24. The molecule has 0 bridgehead atoms. The van der Waals surface area contributed by atoms with Gasteiger partial charge in [-0.05, 0) is 48.4 Å². The minimum Gasteiger partial charge on any atom is -0.441 e. The maximum absolute atomic E-state index is 6.25. The Morgan fingerprint density at radius 3 is 2.17 bits per heavy atom. The molecule has 36 heavy (non-hydrogen) atoms. The molecule has 0 amide bonds. The summed E-state index contributed by atoms with van der Waals surface area (Å²) in [5.41, 5.74) is 10.5. The first-order chi connectivity index (χ1) is 17.2. The largest absolute Gasteiger partial charge is 0.441 e. The number of imidazole rings is 1. The van der Waals surface area contributed by atoms with Crippen LogP contribution in [0.5, 0.6) is 0 Å². The summed E-state index contributed by atoms with van der Waals surface area (Å²) in [5, 5.41) is 0. The van der Waals surface area contributed by atoms with Crippen LogP contribution in [0.4, 0.5) is 0 Å². The maximum atomic E-state index is 6.25. The van der Waals surface area contributed by atoms with Gasteiger partial charge < -0.3 is 4.42 Å². The summed E-state index contributed by atoms with van der Waals surface area (Å²) in [6.45, 7) is 15.7. The van der Waals surface area contributed by atoms with E-state index in [9.17, 15) is 0 Å². The third-order valence-electron chi connectivity index (χ3n) is 7.20. The molecular formula is C32H38N3O+. The number of benzene rings is 3. The summed E-state index contributed by atoms with van der Waals surface area (Å²) in [6, 6.07) is 19.7. The van der Waals surface area contributed by atoms with Crippen molar-refractivity contribution >= 4 is 22.1 Å². The molecule has 5 aromatic rings. The molecule has 0 aliphatic carbocycles. The molecule has 4 nitrogen and oxygen atoms in total. The lowest BCUT2D eigenvalue weighted by atomic mass is 9.92. The van der Waals surface area contributed by atoms with E-state index in [0.29, 0.717) is 17.8 Å². The molecule has 2 heterocycles. The fourth-order valence-corrected chi connectivity index (χ4v) is 5.45. The van der Waals surface area contributed by atoms with E-state index in [1.165, 1.54) is 33.4 Å². The predicted molar refractivity (Wildman–Crippen MR) is 149 cm³/mol. The van der Waals surface area contributed by atoms with Crippen LogP contribution in [0.25, 0.3) is 39.2 Å². The second-order valence-electron chi connectivity index (χ2n) is 11.1. The Kier molecular flexibility index (Phi) is 6.23. The Bertz CT molecular complexity index is 1540. The average molecular weight is 481 g/mol. The van der Waals surface area contributed by atoms with Gasteiger partial charge in [0.1, 0.15) is 11.2 Å². The molecule has 0 saturated carbocycles. The molecule has 3 aromatic carbocycles. The van der Waals surface area contributed by atoms with Crippen LogP contribution in [0.15, 0.2) is 59.0 Å². The SMILES string of the molecule is Cc1ccc2oc(CC(C)C)nc2c1-c1n(-c2c(C(C)C)cccc2C(C)C)c2ccccc2[n+]1C. The fourth-order valence-electron chi connectivity index (χ4n) is 5.45. The van der Waals surface area contributed by atoms with Crippen molar-refractivity contribution in [3.05, 3.63) is 77.2 Å². The monoisotopic (exact) mass is 480 g/mol. The summed E-state index contributed by atoms with van der Waals surface area (Å²) in [5.74, 6) is 3.21. The van der Waals surface area contributed by atoms with Gasteiger partial charge >= 0.3 is 0 Å². The number of aromatic nitrogens is 3. The molecule has 186 valence electrons. The number of para-hydroxylation sites is 3. The van der Waals surface area contributed by atoms with E-state index in [1.54, 1.807) is 0 Å². The molecule has 0 saturated heterocycles. The lowest BCUT2D eigenvalue weighted by Gasteiger charge is -2.18. The highest BCUT2D eigenvalue weighted by Gasteiger charge is 2.33. The van der Waals surface area contributed by atoms with Gasteiger partial charge in [-0.25, -0.2) is 9.55 Å². The quantitative estimate of drug-likeness (QED) is 0.231. The average Bonchev–Trinajstić information content (AvgIpc) is 3.36. The van der Waals surface area contributed by atoms with Crippen LogP contribution in [-0.2, 0) is 13.5 Å². The lowest BCUT2D eigenvalue weighted by molar-refractivity contribution is -0.633. The number of nitrogens with zero attached hydrogens (tertiary/aromatic N) is 3. The number of hydrogen-bond acceptors (Lipinski definition) is 2. The summed E-state index contributed by atoms with van der Waals surface area (Å²) in [7, 11) is 2.18. The van der Waals surface area contributed by atoms with Crippen LogP contribution < -0.4 is 4.57 Å². The molecule has 0 aliphatic rings. The molecule has 2 aromatic heterocycles. The number of fused-ring (bicyclic) bond motifs is 2. The van der Waals surface area contributed by atoms with Crippen molar-refractivity contribution in [1.82, 2.24) is 9.55 Å². The van der Waals surface area contributed by atoms with E-state index in [0.717, 1.165) is 34.8 Å². The van der Waals surface area contributed by atoms with Crippen LogP contribution in [-0.4, -0.2) is 9.55 Å². The number of aryl methyl sites for hydroxylation is 2. The summed E-state index contributed by atoms with van der Waals surface area (Å²) in [6.07, 6.45) is 0.829. The predicted octanol–water partition coefficient (Wildman–Crippen LogP) is 8.02. The van der Waals surface area contributed by atoms with E-state index >= 15 is 0 Å². The van der Waals surface area contributed by atoms with Crippen molar-refractivity contribution in [3.8, 4) is 17.1 Å². The Morgan fingerprint density at radius 2 is 1.53 bits per heavy atom.